The lowest BCUT2D eigenvalue weighted by molar-refractivity contribution is 0.0527. The molecule has 0 aliphatic rings. The van der Waals surface area contributed by atoms with Crippen LogP contribution in [0.25, 0.3) is 0 Å². The summed E-state index contributed by atoms with van der Waals surface area (Å²) < 4.78 is 10.1. The summed E-state index contributed by atoms with van der Waals surface area (Å²) in [6, 6.07) is 3.33. The molecule has 0 saturated heterocycles. The summed E-state index contributed by atoms with van der Waals surface area (Å²) in [5, 5.41) is 0. The minimum Gasteiger partial charge on any atom is -0.496 e. The summed E-state index contributed by atoms with van der Waals surface area (Å²) in [5.74, 6) is 0.260. The van der Waals surface area contributed by atoms with E-state index in [2.05, 4.69) is 0 Å². The normalized spacial score (nSPS) is 9.94. The molecule has 16 heavy (non-hydrogen) atoms. The van der Waals surface area contributed by atoms with Gasteiger partial charge in [-0.1, -0.05) is 0 Å². The van der Waals surface area contributed by atoms with Crippen LogP contribution in [-0.4, -0.2) is 25.9 Å². The van der Waals surface area contributed by atoms with Crippen molar-refractivity contribution in [2.45, 2.75) is 11.8 Å². The predicted molar refractivity (Wildman–Crippen MR) is 65.1 cm³/mol. The van der Waals surface area contributed by atoms with Gasteiger partial charge in [0.2, 0.25) is 0 Å². The highest BCUT2D eigenvalue weighted by Crippen LogP contribution is 2.32. The van der Waals surface area contributed by atoms with Gasteiger partial charge in [-0.3, -0.25) is 0 Å². The van der Waals surface area contributed by atoms with Crippen LogP contribution in [0.3, 0.4) is 0 Å². The molecule has 88 valence electrons. The van der Waals surface area contributed by atoms with Crippen molar-refractivity contribution in [2.24, 2.45) is 0 Å². The third kappa shape index (κ3) is 2.61. The zero-order valence-corrected chi connectivity index (χ0v) is 10.4. The number of ether oxygens (including phenoxy) is 2. The molecule has 0 fully saturated rings. The van der Waals surface area contributed by atoms with Crippen LogP contribution < -0.4 is 10.5 Å². The smallest absolute Gasteiger partial charge is 0.340 e. The molecule has 0 spiro atoms. The fourth-order valence-electron chi connectivity index (χ4n) is 1.28. The van der Waals surface area contributed by atoms with Crippen molar-refractivity contribution in [2.75, 3.05) is 25.7 Å². The molecule has 0 aromatic heterocycles. The van der Waals surface area contributed by atoms with Gasteiger partial charge in [0.05, 0.1) is 24.2 Å². The van der Waals surface area contributed by atoms with Crippen LogP contribution in [0, 0.1) is 0 Å². The lowest BCUT2D eigenvalue weighted by atomic mass is 10.1. The van der Waals surface area contributed by atoms with Crippen LogP contribution >= 0.6 is 11.8 Å². The molecule has 1 aromatic carbocycles. The lowest BCUT2D eigenvalue weighted by Gasteiger charge is -2.11. The molecule has 0 aliphatic carbocycles. The van der Waals surface area contributed by atoms with Crippen molar-refractivity contribution in [3.8, 4) is 5.75 Å². The molecule has 4 nitrogen and oxygen atoms in total. The molecule has 1 aromatic rings. The number of hydrogen-bond donors (Lipinski definition) is 1. The molecule has 2 N–H and O–H groups in total. The number of carbonyl (C=O) groups excluding carboxylic acids is 1. The maximum Gasteiger partial charge on any atom is 0.340 e. The largest absolute Gasteiger partial charge is 0.496 e. The van der Waals surface area contributed by atoms with Gasteiger partial charge < -0.3 is 15.2 Å². The first-order valence-corrected chi connectivity index (χ1v) is 6.05. The predicted octanol–water partition coefficient (Wildman–Crippen LogP) is 2.18. The number of anilines is 1. The van der Waals surface area contributed by atoms with Gasteiger partial charge in [-0.15, -0.1) is 11.8 Å². The standard InChI is InChI=1S/C11H15NO3S/c1-4-15-11(13)7-5-10(16-3)9(14-2)6-8(7)12/h5-6H,4,12H2,1-3H3. The molecule has 0 unspecified atom stereocenters. The minimum atomic E-state index is -0.405. The van der Waals surface area contributed by atoms with E-state index in [4.69, 9.17) is 15.2 Å². The number of thioether (sulfide) groups is 1. The molecule has 0 heterocycles. The molecule has 1 rings (SSSR count). The Morgan fingerprint density at radius 1 is 1.50 bits per heavy atom. The Hall–Kier alpha value is -1.36. The van der Waals surface area contributed by atoms with E-state index in [-0.39, 0.29) is 0 Å². The molecule has 5 heteroatoms. The fourth-order valence-corrected chi connectivity index (χ4v) is 1.86. The van der Waals surface area contributed by atoms with E-state index in [0.29, 0.717) is 23.6 Å². The summed E-state index contributed by atoms with van der Waals surface area (Å²) in [6.07, 6.45) is 1.91. The summed E-state index contributed by atoms with van der Waals surface area (Å²) in [6.45, 7) is 2.09. The molecular weight excluding hydrogens is 226 g/mol. The Bertz CT molecular complexity index is 393. The number of benzene rings is 1. The molecule has 0 atom stereocenters. The van der Waals surface area contributed by atoms with Crippen molar-refractivity contribution in [3.05, 3.63) is 17.7 Å². The van der Waals surface area contributed by atoms with E-state index < -0.39 is 5.97 Å². The number of nitrogens with two attached hydrogens (primary N) is 1. The molecule has 0 aliphatic heterocycles. The lowest BCUT2D eigenvalue weighted by Crippen LogP contribution is -2.08. The van der Waals surface area contributed by atoms with Gasteiger partial charge in [-0.2, -0.15) is 0 Å². The number of hydrogen-bond acceptors (Lipinski definition) is 5. The SMILES string of the molecule is CCOC(=O)c1cc(SC)c(OC)cc1N. The fraction of sp³-hybridized carbons (Fsp3) is 0.364. The molecular formula is C11H15NO3S. The topological polar surface area (TPSA) is 61.5 Å². The zero-order chi connectivity index (χ0) is 12.1. The van der Waals surface area contributed by atoms with E-state index in [0.717, 1.165) is 4.90 Å². The number of esters is 1. The van der Waals surface area contributed by atoms with Crippen molar-refractivity contribution < 1.29 is 14.3 Å². The molecule has 0 saturated carbocycles. The van der Waals surface area contributed by atoms with Crippen molar-refractivity contribution in [1.82, 2.24) is 0 Å². The molecule has 0 bridgehead atoms. The highest BCUT2D eigenvalue weighted by Gasteiger charge is 2.14. The quantitative estimate of drug-likeness (QED) is 0.497. The van der Waals surface area contributed by atoms with Gasteiger partial charge >= 0.3 is 5.97 Å². The zero-order valence-electron chi connectivity index (χ0n) is 9.57. The Balaban J connectivity index is 3.15. The van der Waals surface area contributed by atoms with Gasteiger partial charge in [0.1, 0.15) is 5.75 Å². The van der Waals surface area contributed by atoms with Crippen molar-refractivity contribution >= 4 is 23.4 Å². The second-order valence-electron chi connectivity index (χ2n) is 3.01. The average molecular weight is 241 g/mol. The van der Waals surface area contributed by atoms with Gasteiger partial charge in [0.25, 0.3) is 0 Å². The highest BCUT2D eigenvalue weighted by molar-refractivity contribution is 7.98. The number of nitrogen functional groups attached to an aromatic ring is 1. The second-order valence-corrected chi connectivity index (χ2v) is 3.86. The summed E-state index contributed by atoms with van der Waals surface area (Å²) in [5.41, 5.74) is 6.51. The number of rotatable bonds is 4. The van der Waals surface area contributed by atoms with Gasteiger partial charge in [0.15, 0.2) is 0 Å². The molecule has 0 radical (unpaired) electrons. The number of carbonyl (C=O) groups is 1. The van der Waals surface area contributed by atoms with Crippen molar-refractivity contribution in [1.29, 1.82) is 0 Å². The first kappa shape index (κ1) is 12.7. The average Bonchev–Trinajstić information content (AvgIpc) is 2.28. The van der Waals surface area contributed by atoms with Crippen LogP contribution in [0.1, 0.15) is 17.3 Å². The Kier molecular flexibility index (Phi) is 4.49. The first-order chi connectivity index (χ1) is 7.63. The van der Waals surface area contributed by atoms with E-state index in [9.17, 15) is 4.79 Å². The van der Waals surface area contributed by atoms with E-state index >= 15 is 0 Å². The maximum atomic E-state index is 11.6. The molecule has 0 amide bonds. The summed E-state index contributed by atoms with van der Waals surface area (Å²) >= 11 is 1.49. The van der Waals surface area contributed by atoms with E-state index in [1.807, 2.05) is 6.26 Å². The summed E-state index contributed by atoms with van der Waals surface area (Å²) in [4.78, 5) is 12.4. The second kappa shape index (κ2) is 5.65. The highest BCUT2D eigenvalue weighted by atomic mass is 32.2. The Morgan fingerprint density at radius 2 is 2.19 bits per heavy atom. The van der Waals surface area contributed by atoms with Crippen molar-refractivity contribution in [3.63, 3.8) is 0 Å². The van der Waals surface area contributed by atoms with Crippen LogP contribution in [0.2, 0.25) is 0 Å². The summed E-state index contributed by atoms with van der Waals surface area (Å²) in [7, 11) is 1.57. The maximum absolute atomic E-state index is 11.6. The van der Waals surface area contributed by atoms with Gasteiger partial charge in [0, 0.05) is 11.8 Å². The van der Waals surface area contributed by atoms with Crippen LogP contribution in [-0.2, 0) is 4.74 Å². The van der Waals surface area contributed by atoms with Crippen LogP contribution in [0.15, 0.2) is 17.0 Å². The van der Waals surface area contributed by atoms with Crippen LogP contribution in [0.4, 0.5) is 5.69 Å². The van der Waals surface area contributed by atoms with Gasteiger partial charge in [-0.25, -0.2) is 4.79 Å². The monoisotopic (exact) mass is 241 g/mol. The van der Waals surface area contributed by atoms with E-state index in [1.54, 1.807) is 26.2 Å². The van der Waals surface area contributed by atoms with Crippen LogP contribution in [0.5, 0.6) is 5.75 Å². The Labute approximate surface area is 99.1 Å². The third-order valence-corrected chi connectivity index (χ3v) is 2.81. The first-order valence-electron chi connectivity index (χ1n) is 4.82. The van der Waals surface area contributed by atoms with E-state index in [1.165, 1.54) is 11.8 Å². The third-order valence-electron chi connectivity index (χ3n) is 2.05. The number of methoxy groups -OCH3 is 1. The Morgan fingerprint density at radius 3 is 2.69 bits per heavy atom. The minimum absolute atomic E-state index is 0.332. The van der Waals surface area contributed by atoms with Gasteiger partial charge in [-0.05, 0) is 19.2 Å².